The van der Waals surface area contributed by atoms with Crippen molar-refractivity contribution in [2.24, 2.45) is 0 Å². The van der Waals surface area contributed by atoms with Crippen LogP contribution < -0.4 is 10.6 Å². The van der Waals surface area contributed by atoms with Gasteiger partial charge < -0.3 is 10.6 Å². The summed E-state index contributed by atoms with van der Waals surface area (Å²) in [4.78, 5) is 16.3. The van der Waals surface area contributed by atoms with E-state index < -0.39 is 0 Å². The highest BCUT2D eigenvalue weighted by Crippen LogP contribution is 2.21. The fourth-order valence-electron chi connectivity index (χ4n) is 2.49. The fourth-order valence-corrected chi connectivity index (χ4v) is 2.49. The van der Waals surface area contributed by atoms with Gasteiger partial charge >= 0.3 is 6.03 Å². The molecule has 24 heavy (non-hydrogen) atoms. The van der Waals surface area contributed by atoms with Crippen LogP contribution in [-0.2, 0) is 0 Å². The van der Waals surface area contributed by atoms with Crippen molar-refractivity contribution in [2.45, 2.75) is 13.8 Å². The Morgan fingerprint density at radius 1 is 0.833 bits per heavy atom. The van der Waals surface area contributed by atoms with Gasteiger partial charge in [-0.2, -0.15) is 0 Å². The molecule has 1 aromatic heterocycles. The van der Waals surface area contributed by atoms with Gasteiger partial charge in [0.1, 0.15) is 0 Å². The number of hydrogen-bond donors (Lipinski definition) is 2. The van der Waals surface area contributed by atoms with Crippen molar-refractivity contribution in [1.29, 1.82) is 0 Å². The third-order valence-corrected chi connectivity index (χ3v) is 3.65. The lowest BCUT2D eigenvalue weighted by molar-refractivity contribution is 0.262. The smallest absolute Gasteiger partial charge is 0.308 e. The molecule has 0 bridgehead atoms. The zero-order valence-corrected chi connectivity index (χ0v) is 13.7. The summed E-state index contributed by atoms with van der Waals surface area (Å²) in [5.41, 5.74) is 5.80. The number of carbonyl (C=O) groups excluding carboxylic acids is 1. The molecular formula is C20H19N3O. The lowest BCUT2D eigenvalue weighted by atomic mass is 10.1. The first-order valence-electron chi connectivity index (χ1n) is 7.78. The zero-order valence-electron chi connectivity index (χ0n) is 13.7. The van der Waals surface area contributed by atoms with E-state index in [1.54, 1.807) is 6.20 Å². The standard InChI is InChI=1S/C20H19N3O/c1-14-4-3-5-19(12-14)23-20(24)22-18-8-6-16(7-9-18)17-10-11-21-15(2)13-17/h3-13H,1-2H3,(H2,22,23,24). The molecule has 4 nitrogen and oxygen atoms in total. The molecule has 0 aliphatic carbocycles. The SMILES string of the molecule is Cc1cccc(NC(=O)Nc2ccc(-c3ccnc(C)c3)cc2)c1. The van der Waals surface area contributed by atoms with Gasteiger partial charge in [0.2, 0.25) is 0 Å². The number of nitrogens with one attached hydrogen (secondary N) is 2. The van der Waals surface area contributed by atoms with Crippen molar-refractivity contribution in [2.75, 3.05) is 10.6 Å². The molecule has 2 amide bonds. The number of aryl methyl sites for hydroxylation is 2. The van der Waals surface area contributed by atoms with Crippen LogP contribution in [0.15, 0.2) is 66.9 Å². The summed E-state index contributed by atoms with van der Waals surface area (Å²) < 4.78 is 0. The van der Waals surface area contributed by atoms with E-state index in [0.29, 0.717) is 0 Å². The number of carbonyl (C=O) groups is 1. The van der Waals surface area contributed by atoms with E-state index >= 15 is 0 Å². The molecule has 4 heteroatoms. The summed E-state index contributed by atoms with van der Waals surface area (Å²) in [6.07, 6.45) is 1.80. The Kier molecular flexibility index (Phi) is 4.57. The molecule has 0 saturated heterocycles. The highest BCUT2D eigenvalue weighted by Gasteiger charge is 2.04. The first-order valence-corrected chi connectivity index (χ1v) is 7.78. The largest absolute Gasteiger partial charge is 0.323 e. The van der Waals surface area contributed by atoms with Crippen molar-refractivity contribution in [3.05, 3.63) is 78.1 Å². The Morgan fingerprint density at radius 2 is 1.58 bits per heavy atom. The van der Waals surface area contributed by atoms with Crippen LogP contribution in [0.2, 0.25) is 0 Å². The van der Waals surface area contributed by atoms with Crippen LogP contribution >= 0.6 is 0 Å². The summed E-state index contributed by atoms with van der Waals surface area (Å²) in [5.74, 6) is 0. The number of hydrogen-bond acceptors (Lipinski definition) is 2. The minimum atomic E-state index is -0.256. The van der Waals surface area contributed by atoms with Crippen molar-refractivity contribution in [3.63, 3.8) is 0 Å². The van der Waals surface area contributed by atoms with Crippen molar-refractivity contribution in [1.82, 2.24) is 4.98 Å². The number of urea groups is 1. The second-order valence-corrected chi connectivity index (χ2v) is 5.71. The van der Waals surface area contributed by atoms with E-state index in [1.807, 2.05) is 74.5 Å². The Bertz CT molecular complexity index is 857. The van der Waals surface area contributed by atoms with Crippen LogP contribution in [0.25, 0.3) is 11.1 Å². The molecular weight excluding hydrogens is 298 g/mol. The van der Waals surface area contributed by atoms with Crippen LogP contribution in [0.5, 0.6) is 0 Å². The van der Waals surface area contributed by atoms with Gasteiger partial charge in [0.25, 0.3) is 0 Å². The molecule has 3 rings (SSSR count). The number of pyridine rings is 1. The van der Waals surface area contributed by atoms with Gasteiger partial charge in [0.15, 0.2) is 0 Å². The molecule has 2 N–H and O–H groups in total. The van der Waals surface area contributed by atoms with Gasteiger partial charge in [-0.1, -0.05) is 24.3 Å². The van der Waals surface area contributed by atoms with Gasteiger partial charge in [-0.05, 0) is 66.9 Å². The summed E-state index contributed by atoms with van der Waals surface area (Å²) >= 11 is 0. The normalized spacial score (nSPS) is 10.2. The highest BCUT2D eigenvalue weighted by molar-refractivity contribution is 5.99. The summed E-state index contributed by atoms with van der Waals surface area (Å²) in [6, 6.07) is 19.2. The molecule has 0 radical (unpaired) electrons. The van der Waals surface area contributed by atoms with Gasteiger partial charge in [-0.25, -0.2) is 4.79 Å². The molecule has 0 atom stereocenters. The summed E-state index contributed by atoms with van der Waals surface area (Å²) in [7, 11) is 0. The molecule has 0 spiro atoms. The second kappa shape index (κ2) is 6.96. The minimum Gasteiger partial charge on any atom is -0.308 e. The van der Waals surface area contributed by atoms with E-state index in [-0.39, 0.29) is 6.03 Å². The van der Waals surface area contributed by atoms with Gasteiger partial charge in [0, 0.05) is 23.3 Å². The van der Waals surface area contributed by atoms with Crippen molar-refractivity contribution >= 4 is 17.4 Å². The number of nitrogens with zero attached hydrogens (tertiary/aromatic N) is 1. The van der Waals surface area contributed by atoms with E-state index in [0.717, 1.165) is 33.8 Å². The van der Waals surface area contributed by atoms with Crippen LogP contribution in [0.4, 0.5) is 16.2 Å². The molecule has 0 saturated carbocycles. The number of benzene rings is 2. The monoisotopic (exact) mass is 317 g/mol. The Hall–Kier alpha value is -3.14. The van der Waals surface area contributed by atoms with Crippen molar-refractivity contribution in [3.8, 4) is 11.1 Å². The lowest BCUT2D eigenvalue weighted by Gasteiger charge is -2.09. The quantitative estimate of drug-likeness (QED) is 0.713. The highest BCUT2D eigenvalue weighted by atomic mass is 16.2. The third kappa shape index (κ3) is 3.98. The fraction of sp³-hybridized carbons (Fsp3) is 0.100. The molecule has 0 unspecified atom stereocenters. The van der Waals surface area contributed by atoms with E-state index in [4.69, 9.17) is 0 Å². The Balaban J connectivity index is 1.66. The second-order valence-electron chi connectivity index (χ2n) is 5.71. The number of anilines is 2. The first-order chi connectivity index (χ1) is 11.6. The minimum absolute atomic E-state index is 0.256. The lowest BCUT2D eigenvalue weighted by Crippen LogP contribution is -2.19. The van der Waals surface area contributed by atoms with Gasteiger partial charge in [-0.3, -0.25) is 4.98 Å². The number of aromatic nitrogens is 1. The maximum Gasteiger partial charge on any atom is 0.323 e. The molecule has 1 heterocycles. The van der Waals surface area contributed by atoms with Crippen LogP contribution in [0, 0.1) is 13.8 Å². The average molecular weight is 317 g/mol. The molecule has 0 fully saturated rings. The summed E-state index contributed by atoms with van der Waals surface area (Å²) in [5, 5.41) is 5.66. The summed E-state index contributed by atoms with van der Waals surface area (Å²) in [6.45, 7) is 3.96. The van der Waals surface area contributed by atoms with Crippen LogP contribution in [-0.4, -0.2) is 11.0 Å². The molecule has 2 aromatic carbocycles. The van der Waals surface area contributed by atoms with Gasteiger partial charge in [0.05, 0.1) is 0 Å². The molecule has 3 aromatic rings. The maximum absolute atomic E-state index is 12.1. The van der Waals surface area contributed by atoms with E-state index in [9.17, 15) is 4.79 Å². The Labute approximate surface area is 141 Å². The van der Waals surface area contributed by atoms with Crippen molar-refractivity contribution < 1.29 is 4.79 Å². The average Bonchev–Trinajstić information content (AvgIpc) is 2.55. The molecule has 0 aliphatic heterocycles. The third-order valence-electron chi connectivity index (χ3n) is 3.65. The molecule has 0 aliphatic rings. The predicted molar refractivity (Wildman–Crippen MR) is 98.2 cm³/mol. The zero-order chi connectivity index (χ0) is 16.9. The van der Waals surface area contributed by atoms with Gasteiger partial charge in [-0.15, -0.1) is 0 Å². The first kappa shape index (κ1) is 15.7. The maximum atomic E-state index is 12.1. The van der Waals surface area contributed by atoms with Crippen LogP contribution in [0.3, 0.4) is 0 Å². The number of amides is 2. The van der Waals surface area contributed by atoms with E-state index in [1.165, 1.54) is 0 Å². The topological polar surface area (TPSA) is 54.0 Å². The predicted octanol–water partition coefficient (Wildman–Crippen LogP) is 5.01. The van der Waals surface area contributed by atoms with Crippen LogP contribution in [0.1, 0.15) is 11.3 Å². The van der Waals surface area contributed by atoms with E-state index in [2.05, 4.69) is 15.6 Å². The Morgan fingerprint density at radius 3 is 2.29 bits per heavy atom. The molecule has 120 valence electrons. The number of rotatable bonds is 3.